The summed E-state index contributed by atoms with van der Waals surface area (Å²) in [6, 6.07) is 37.9. The van der Waals surface area contributed by atoms with Gasteiger partial charge >= 0.3 is 0 Å². The first-order chi connectivity index (χ1) is 25.3. The van der Waals surface area contributed by atoms with Crippen molar-refractivity contribution in [2.75, 3.05) is 0 Å². The predicted molar refractivity (Wildman–Crippen MR) is 212 cm³/mol. The summed E-state index contributed by atoms with van der Waals surface area (Å²) in [6.07, 6.45) is 10.3. The predicted octanol–water partition coefficient (Wildman–Crippen LogP) is 11.5. The van der Waals surface area contributed by atoms with Crippen LogP contribution < -0.4 is 0 Å². The van der Waals surface area contributed by atoms with Gasteiger partial charge in [0.2, 0.25) is 0 Å². The molecule has 0 aliphatic heterocycles. The second-order valence-electron chi connectivity index (χ2n) is 12.0. The highest BCUT2D eigenvalue weighted by Crippen LogP contribution is 2.37. The van der Waals surface area contributed by atoms with E-state index in [2.05, 4.69) is 121 Å². The smallest absolute Gasteiger partial charge is 0.172 e. The number of fused-ring (bicyclic) bond motifs is 14. The lowest BCUT2D eigenvalue weighted by Gasteiger charge is -1.98. The number of hydrogen-bond donors (Lipinski definition) is 0. The van der Waals surface area contributed by atoms with Crippen molar-refractivity contribution in [3.05, 3.63) is 147 Å². The average molecular weight is 693 g/mol. The highest BCUT2D eigenvalue weighted by atomic mass is 32.1. The summed E-state index contributed by atoms with van der Waals surface area (Å²) in [5.74, 6) is 0. The molecule has 240 valence electrons. The minimum atomic E-state index is 0.735. The first-order valence-corrected chi connectivity index (χ1v) is 17.9. The van der Waals surface area contributed by atoms with E-state index in [0.29, 0.717) is 0 Å². The van der Waals surface area contributed by atoms with Crippen molar-refractivity contribution in [3.8, 4) is 0 Å². The first kappa shape index (κ1) is 29.5. The van der Waals surface area contributed by atoms with Crippen LogP contribution in [0.15, 0.2) is 151 Å². The summed E-state index contributed by atoms with van der Waals surface area (Å²) in [5.41, 5.74) is 4.60. The van der Waals surface area contributed by atoms with Crippen LogP contribution >= 0.6 is 22.7 Å². The Balaban J connectivity index is 0.0000000963. The minimum Gasteiger partial charge on any atom is -0.453 e. The molecule has 0 aliphatic carbocycles. The van der Waals surface area contributed by atoms with E-state index < -0.39 is 0 Å². The van der Waals surface area contributed by atoms with Crippen LogP contribution in [0.2, 0.25) is 0 Å². The van der Waals surface area contributed by atoms with Crippen LogP contribution in [-0.4, -0.2) is 29.9 Å². The lowest BCUT2D eigenvalue weighted by atomic mass is 10.1. The summed E-state index contributed by atoms with van der Waals surface area (Å²) in [7, 11) is 0. The third kappa shape index (κ3) is 5.10. The summed E-state index contributed by atoms with van der Waals surface area (Å²) in [4.78, 5) is 25.3. The number of nitrogens with zero attached hydrogens (tertiary/aromatic N) is 6. The first-order valence-electron chi connectivity index (χ1n) is 16.3. The summed E-state index contributed by atoms with van der Waals surface area (Å²) < 4.78 is 10.6. The van der Waals surface area contributed by atoms with Gasteiger partial charge in [-0.1, -0.05) is 84.9 Å². The quantitative estimate of drug-likeness (QED) is 0.156. The zero-order valence-corrected chi connectivity index (χ0v) is 28.4. The van der Waals surface area contributed by atoms with Gasteiger partial charge in [-0.05, 0) is 56.6 Å². The van der Waals surface area contributed by atoms with Gasteiger partial charge < -0.3 is 4.42 Å². The number of hydrogen-bond acceptors (Lipinski definition) is 9. The van der Waals surface area contributed by atoms with E-state index in [4.69, 9.17) is 4.42 Å². The topological polar surface area (TPSA) is 90.5 Å². The molecule has 6 aromatic carbocycles. The standard InChI is InChI=1S/C14H8N2O.2C14H8N2S/c1-2-4-10-9(3-1)5-6-11-13(10)14-12(17-11)7-15-8-16-14;1-2-4-10-6-12-11(5-9(10)3-1)14-13(17-12)7-15-8-16-14;1-2-4-10-9(3-1)5-6-11-13(10)14-12(17-11)7-15-8-16-14/h3*1-8H. The minimum absolute atomic E-state index is 0.735. The Labute approximate surface area is 297 Å². The Hall–Kier alpha value is -6.42. The average Bonchev–Trinajstić information content (AvgIpc) is 3.89. The molecule has 0 bridgehead atoms. The second kappa shape index (κ2) is 12.2. The summed E-state index contributed by atoms with van der Waals surface area (Å²) in [6.45, 7) is 0. The molecular formula is C42H24N6OS2. The molecule has 0 amide bonds. The van der Waals surface area contributed by atoms with Crippen LogP contribution in [0.5, 0.6) is 0 Å². The van der Waals surface area contributed by atoms with Gasteiger partial charge in [0.25, 0.3) is 0 Å². The monoisotopic (exact) mass is 692 g/mol. The van der Waals surface area contributed by atoms with Crippen LogP contribution in [0.4, 0.5) is 0 Å². The fourth-order valence-electron chi connectivity index (χ4n) is 6.76. The maximum absolute atomic E-state index is 5.74. The van der Waals surface area contributed by atoms with Crippen molar-refractivity contribution in [1.29, 1.82) is 0 Å². The van der Waals surface area contributed by atoms with Crippen LogP contribution in [0.25, 0.3) is 95.0 Å². The highest BCUT2D eigenvalue weighted by molar-refractivity contribution is 7.26. The van der Waals surface area contributed by atoms with Crippen LogP contribution in [0.3, 0.4) is 0 Å². The van der Waals surface area contributed by atoms with Gasteiger partial charge in [-0.25, -0.2) is 29.9 Å². The molecule has 12 aromatic rings. The Morgan fingerprint density at radius 2 is 0.961 bits per heavy atom. The molecule has 0 aliphatic rings. The Bertz CT molecular complexity index is 3060. The molecule has 6 heterocycles. The SMILES string of the molecule is c1ccc2c(c1)ccc1oc3cncnc3c12.c1ccc2c(c1)ccc1sc3cncnc3c12.c1ccc2cc3c(cc2c1)sc1cncnc13. The van der Waals surface area contributed by atoms with Gasteiger partial charge in [0.1, 0.15) is 30.1 Å². The van der Waals surface area contributed by atoms with Crippen LogP contribution in [0.1, 0.15) is 0 Å². The van der Waals surface area contributed by atoms with Gasteiger partial charge in [0.05, 0.1) is 32.0 Å². The number of rotatable bonds is 0. The lowest BCUT2D eigenvalue weighted by Crippen LogP contribution is -1.77. The van der Waals surface area contributed by atoms with Crippen molar-refractivity contribution in [2.24, 2.45) is 0 Å². The van der Waals surface area contributed by atoms with E-state index in [9.17, 15) is 0 Å². The molecule has 6 aromatic heterocycles. The Kier molecular flexibility index (Phi) is 7.04. The molecule has 9 heteroatoms. The largest absolute Gasteiger partial charge is 0.453 e. The van der Waals surface area contributed by atoms with Crippen molar-refractivity contribution in [2.45, 2.75) is 0 Å². The third-order valence-electron chi connectivity index (χ3n) is 9.05. The van der Waals surface area contributed by atoms with E-state index in [1.807, 2.05) is 30.6 Å². The third-order valence-corrected chi connectivity index (χ3v) is 11.2. The fourth-order valence-corrected chi connectivity index (χ4v) is 8.87. The molecule has 51 heavy (non-hydrogen) atoms. The van der Waals surface area contributed by atoms with Crippen molar-refractivity contribution in [1.82, 2.24) is 29.9 Å². The van der Waals surface area contributed by atoms with Crippen molar-refractivity contribution < 1.29 is 4.42 Å². The fraction of sp³-hybridized carbons (Fsp3) is 0. The molecule has 0 atom stereocenters. The van der Waals surface area contributed by atoms with Crippen LogP contribution in [0, 0.1) is 0 Å². The second-order valence-corrected chi connectivity index (χ2v) is 14.2. The zero-order valence-electron chi connectivity index (χ0n) is 26.8. The van der Waals surface area contributed by atoms with Gasteiger partial charge in [-0.3, -0.25) is 0 Å². The number of thiophene rings is 2. The maximum Gasteiger partial charge on any atom is 0.172 e. The van der Waals surface area contributed by atoms with Gasteiger partial charge in [0, 0.05) is 32.6 Å². The zero-order chi connectivity index (χ0) is 33.7. The van der Waals surface area contributed by atoms with E-state index in [1.165, 1.54) is 52.5 Å². The molecular weight excluding hydrogens is 669 g/mol. The number of benzene rings is 6. The van der Waals surface area contributed by atoms with E-state index in [1.54, 1.807) is 47.9 Å². The molecule has 7 nitrogen and oxygen atoms in total. The molecule has 0 radical (unpaired) electrons. The van der Waals surface area contributed by atoms with Crippen molar-refractivity contribution in [3.63, 3.8) is 0 Å². The molecule has 0 spiro atoms. The van der Waals surface area contributed by atoms with Gasteiger partial charge in [-0.2, -0.15) is 0 Å². The number of aromatic nitrogens is 6. The van der Waals surface area contributed by atoms with Crippen molar-refractivity contribution >= 4 is 118 Å². The normalized spacial score (nSPS) is 11.5. The maximum atomic E-state index is 5.74. The summed E-state index contributed by atoms with van der Waals surface area (Å²) in [5, 5.41) is 11.0. The van der Waals surface area contributed by atoms with E-state index in [0.717, 1.165) is 42.5 Å². The Morgan fingerprint density at radius 3 is 1.73 bits per heavy atom. The number of furan rings is 1. The summed E-state index contributed by atoms with van der Waals surface area (Å²) >= 11 is 3.50. The molecule has 0 saturated heterocycles. The molecule has 0 unspecified atom stereocenters. The molecule has 0 fully saturated rings. The van der Waals surface area contributed by atoms with Gasteiger partial charge in [-0.15, -0.1) is 22.7 Å². The van der Waals surface area contributed by atoms with E-state index in [-0.39, 0.29) is 0 Å². The molecule has 0 N–H and O–H groups in total. The Morgan fingerprint density at radius 1 is 0.392 bits per heavy atom. The molecule has 0 saturated carbocycles. The van der Waals surface area contributed by atoms with Crippen LogP contribution in [-0.2, 0) is 0 Å². The lowest BCUT2D eigenvalue weighted by molar-refractivity contribution is 0.666. The highest BCUT2D eigenvalue weighted by Gasteiger charge is 2.12. The molecule has 12 rings (SSSR count). The van der Waals surface area contributed by atoms with Gasteiger partial charge in [0.15, 0.2) is 5.58 Å². The van der Waals surface area contributed by atoms with E-state index >= 15 is 0 Å².